The molecule has 1 aliphatic rings. The molecule has 7 heteroatoms. The van der Waals surface area contributed by atoms with Crippen LogP contribution in [0.4, 0.5) is 10.6 Å². The summed E-state index contributed by atoms with van der Waals surface area (Å²) in [5.41, 5.74) is 6.18. The van der Waals surface area contributed by atoms with E-state index in [0.717, 1.165) is 0 Å². The first kappa shape index (κ1) is 10.6. The van der Waals surface area contributed by atoms with Crippen molar-refractivity contribution in [1.29, 1.82) is 0 Å². The maximum atomic E-state index is 11.6. The first-order valence-corrected chi connectivity index (χ1v) is 4.96. The molecule has 0 aromatic carbocycles. The third kappa shape index (κ3) is 1.76. The van der Waals surface area contributed by atoms with Crippen LogP contribution in [0.15, 0.2) is 6.07 Å². The van der Waals surface area contributed by atoms with E-state index >= 15 is 0 Å². The van der Waals surface area contributed by atoms with E-state index < -0.39 is 6.03 Å². The fourth-order valence-corrected chi connectivity index (χ4v) is 1.65. The quantitative estimate of drug-likeness (QED) is 0.695. The molecule has 2 heterocycles. The number of carbonyl (C=O) groups is 2. The average Bonchev–Trinajstić information content (AvgIpc) is 2.60. The number of aryl methyl sites for hydroxylation is 1. The standard InChI is InChI=1S/C9H13N5O2/c1-13-8(4-6(5-10)12-13)14-3-2-7(15)11-9(14)16/h4H,2-3,5,10H2,1H3,(H,11,15,16). The monoisotopic (exact) mass is 223 g/mol. The second-order valence-electron chi connectivity index (χ2n) is 3.58. The average molecular weight is 223 g/mol. The highest BCUT2D eigenvalue weighted by Crippen LogP contribution is 2.17. The van der Waals surface area contributed by atoms with Gasteiger partial charge in [-0.25, -0.2) is 4.79 Å². The number of nitrogens with two attached hydrogens (primary N) is 1. The summed E-state index contributed by atoms with van der Waals surface area (Å²) < 4.78 is 1.58. The summed E-state index contributed by atoms with van der Waals surface area (Å²) in [6, 6.07) is 1.33. The Hall–Kier alpha value is -1.89. The molecule has 0 unspecified atom stereocenters. The Balaban J connectivity index is 2.26. The molecule has 0 spiro atoms. The highest BCUT2D eigenvalue weighted by molar-refractivity contribution is 6.05. The van der Waals surface area contributed by atoms with E-state index in [1.54, 1.807) is 17.8 Å². The smallest absolute Gasteiger partial charge is 0.325 e. The lowest BCUT2D eigenvalue weighted by Crippen LogP contribution is -2.50. The zero-order valence-corrected chi connectivity index (χ0v) is 8.93. The zero-order chi connectivity index (χ0) is 11.7. The molecule has 7 nitrogen and oxygen atoms in total. The Morgan fingerprint density at radius 2 is 2.31 bits per heavy atom. The van der Waals surface area contributed by atoms with Crippen molar-refractivity contribution >= 4 is 17.8 Å². The molecule has 1 fully saturated rings. The van der Waals surface area contributed by atoms with Gasteiger partial charge in [0.15, 0.2) is 0 Å². The molecule has 0 radical (unpaired) electrons. The van der Waals surface area contributed by atoms with Gasteiger partial charge in [-0.05, 0) is 0 Å². The van der Waals surface area contributed by atoms with Crippen molar-refractivity contribution in [3.63, 3.8) is 0 Å². The largest absolute Gasteiger partial charge is 0.329 e. The molecule has 86 valence electrons. The van der Waals surface area contributed by atoms with Gasteiger partial charge in [-0.2, -0.15) is 5.10 Å². The third-order valence-electron chi connectivity index (χ3n) is 2.45. The van der Waals surface area contributed by atoms with Crippen LogP contribution in [0, 0.1) is 0 Å². The molecule has 0 aliphatic carbocycles. The topological polar surface area (TPSA) is 93.2 Å². The first-order chi connectivity index (χ1) is 7.61. The van der Waals surface area contributed by atoms with Gasteiger partial charge in [0, 0.05) is 32.6 Å². The van der Waals surface area contributed by atoms with Gasteiger partial charge in [-0.15, -0.1) is 0 Å². The second kappa shape index (κ2) is 3.93. The van der Waals surface area contributed by atoms with Crippen LogP contribution in [0.5, 0.6) is 0 Å². The lowest BCUT2D eigenvalue weighted by Gasteiger charge is -2.25. The number of amides is 3. The summed E-state index contributed by atoms with van der Waals surface area (Å²) in [5.74, 6) is 0.396. The van der Waals surface area contributed by atoms with Crippen LogP contribution in [0.2, 0.25) is 0 Å². The predicted octanol–water partition coefficient (Wildman–Crippen LogP) is -0.675. The van der Waals surface area contributed by atoms with Gasteiger partial charge in [-0.1, -0.05) is 0 Å². The maximum absolute atomic E-state index is 11.6. The predicted molar refractivity (Wildman–Crippen MR) is 56.6 cm³/mol. The number of anilines is 1. The van der Waals surface area contributed by atoms with Gasteiger partial charge >= 0.3 is 6.03 Å². The van der Waals surface area contributed by atoms with Crippen molar-refractivity contribution in [1.82, 2.24) is 15.1 Å². The number of hydrogen-bond donors (Lipinski definition) is 2. The number of carbonyl (C=O) groups excluding carboxylic acids is 2. The molecule has 1 aromatic heterocycles. The van der Waals surface area contributed by atoms with Crippen molar-refractivity contribution in [3.05, 3.63) is 11.8 Å². The summed E-state index contributed by atoms with van der Waals surface area (Å²) in [6.45, 7) is 0.691. The van der Waals surface area contributed by atoms with Gasteiger partial charge in [-0.3, -0.25) is 19.7 Å². The van der Waals surface area contributed by atoms with Gasteiger partial charge < -0.3 is 5.73 Å². The number of urea groups is 1. The Morgan fingerprint density at radius 3 is 2.88 bits per heavy atom. The van der Waals surface area contributed by atoms with Crippen molar-refractivity contribution in [2.75, 3.05) is 11.4 Å². The molecule has 16 heavy (non-hydrogen) atoms. The van der Waals surface area contributed by atoms with Gasteiger partial charge in [0.05, 0.1) is 5.69 Å². The minimum absolute atomic E-state index is 0.248. The maximum Gasteiger partial charge on any atom is 0.329 e. The summed E-state index contributed by atoms with van der Waals surface area (Å²) in [4.78, 5) is 24.1. The number of rotatable bonds is 2. The molecule has 0 bridgehead atoms. The third-order valence-corrected chi connectivity index (χ3v) is 2.45. The van der Waals surface area contributed by atoms with Crippen LogP contribution in [-0.4, -0.2) is 28.3 Å². The Bertz CT molecular complexity index is 439. The summed E-state index contributed by atoms with van der Waals surface area (Å²) in [6.07, 6.45) is 0.300. The van der Waals surface area contributed by atoms with E-state index in [-0.39, 0.29) is 5.91 Å². The SMILES string of the molecule is Cn1nc(CN)cc1N1CCC(=O)NC1=O. The van der Waals surface area contributed by atoms with Crippen molar-refractivity contribution in [2.45, 2.75) is 13.0 Å². The van der Waals surface area contributed by atoms with E-state index in [1.165, 1.54) is 4.90 Å². The Kier molecular flexibility index (Phi) is 2.61. The molecule has 0 saturated carbocycles. The second-order valence-corrected chi connectivity index (χ2v) is 3.58. The Labute approximate surface area is 92.2 Å². The van der Waals surface area contributed by atoms with Gasteiger partial charge in [0.2, 0.25) is 5.91 Å². The van der Waals surface area contributed by atoms with E-state index in [1.807, 2.05) is 0 Å². The molecular weight excluding hydrogens is 210 g/mol. The van der Waals surface area contributed by atoms with Crippen molar-refractivity contribution in [2.24, 2.45) is 12.8 Å². The number of imide groups is 1. The molecular formula is C9H13N5O2. The number of hydrogen-bond acceptors (Lipinski definition) is 4. The van der Waals surface area contributed by atoms with Crippen LogP contribution in [0.1, 0.15) is 12.1 Å². The normalized spacial score (nSPS) is 16.5. The van der Waals surface area contributed by atoms with E-state index in [0.29, 0.717) is 31.0 Å². The zero-order valence-electron chi connectivity index (χ0n) is 8.93. The number of nitrogens with one attached hydrogen (secondary N) is 1. The van der Waals surface area contributed by atoms with Gasteiger partial charge in [0.1, 0.15) is 5.82 Å². The van der Waals surface area contributed by atoms with Crippen LogP contribution in [0.25, 0.3) is 0 Å². The van der Waals surface area contributed by atoms with E-state index in [2.05, 4.69) is 10.4 Å². The Morgan fingerprint density at radius 1 is 1.56 bits per heavy atom. The van der Waals surface area contributed by atoms with Crippen LogP contribution >= 0.6 is 0 Å². The molecule has 3 amide bonds. The fraction of sp³-hybridized carbons (Fsp3) is 0.444. The molecule has 3 N–H and O–H groups in total. The summed E-state index contributed by atoms with van der Waals surface area (Å²) in [5, 5.41) is 6.40. The fourth-order valence-electron chi connectivity index (χ4n) is 1.65. The lowest BCUT2D eigenvalue weighted by atomic mass is 10.3. The molecule has 1 aromatic rings. The van der Waals surface area contributed by atoms with Crippen LogP contribution in [0.3, 0.4) is 0 Å². The van der Waals surface area contributed by atoms with E-state index in [4.69, 9.17) is 5.73 Å². The lowest BCUT2D eigenvalue weighted by molar-refractivity contribution is -0.120. The summed E-state index contributed by atoms with van der Waals surface area (Å²) >= 11 is 0. The van der Waals surface area contributed by atoms with Gasteiger partial charge in [0.25, 0.3) is 0 Å². The highest BCUT2D eigenvalue weighted by atomic mass is 16.2. The van der Waals surface area contributed by atoms with Crippen LogP contribution in [-0.2, 0) is 18.4 Å². The summed E-state index contributed by atoms with van der Waals surface area (Å²) in [7, 11) is 1.73. The molecule has 1 aliphatic heterocycles. The minimum atomic E-state index is -0.414. The highest BCUT2D eigenvalue weighted by Gasteiger charge is 2.26. The first-order valence-electron chi connectivity index (χ1n) is 4.96. The molecule has 2 rings (SSSR count). The molecule has 0 atom stereocenters. The minimum Gasteiger partial charge on any atom is -0.325 e. The van der Waals surface area contributed by atoms with Crippen molar-refractivity contribution < 1.29 is 9.59 Å². The molecule has 1 saturated heterocycles. The van der Waals surface area contributed by atoms with E-state index in [9.17, 15) is 9.59 Å². The number of aromatic nitrogens is 2. The number of nitrogens with zero attached hydrogens (tertiary/aromatic N) is 3. The van der Waals surface area contributed by atoms with Crippen molar-refractivity contribution in [3.8, 4) is 0 Å². The van der Waals surface area contributed by atoms with Crippen LogP contribution < -0.4 is 16.0 Å².